The first-order valence-corrected chi connectivity index (χ1v) is 8.40. The molecule has 0 atom stereocenters. The van der Waals surface area contributed by atoms with Crippen molar-refractivity contribution < 1.29 is 19.1 Å². The summed E-state index contributed by atoms with van der Waals surface area (Å²) < 4.78 is 16.3. The molecule has 0 saturated carbocycles. The van der Waals surface area contributed by atoms with E-state index in [0.717, 1.165) is 16.7 Å². The summed E-state index contributed by atoms with van der Waals surface area (Å²) in [7, 11) is 3.13. The number of methoxy groups -OCH3 is 2. The van der Waals surface area contributed by atoms with Crippen LogP contribution in [0.4, 0.5) is 5.69 Å². The molecule has 2 rings (SSSR count). The number of ether oxygens (including phenoxy) is 3. The highest BCUT2D eigenvalue weighted by Gasteiger charge is 2.11. The lowest BCUT2D eigenvalue weighted by atomic mass is 10.1. The smallest absolute Gasteiger partial charge is 0.270 e. The summed E-state index contributed by atoms with van der Waals surface area (Å²) in [4.78, 5) is 10.5. The number of nitro groups is 1. The first kappa shape index (κ1) is 20.3. The average molecular weight is 372 g/mol. The van der Waals surface area contributed by atoms with Crippen molar-refractivity contribution >= 4 is 5.69 Å². The van der Waals surface area contributed by atoms with Gasteiger partial charge < -0.3 is 19.5 Å². The van der Waals surface area contributed by atoms with Gasteiger partial charge in [-0.2, -0.15) is 0 Å². The summed E-state index contributed by atoms with van der Waals surface area (Å²) in [6, 6.07) is 10.2. The highest BCUT2D eigenvalue weighted by atomic mass is 16.6. The van der Waals surface area contributed by atoms with Crippen LogP contribution in [0.3, 0.4) is 0 Å². The Hall–Kier alpha value is -3.06. The van der Waals surface area contributed by atoms with Crippen LogP contribution in [0.5, 0.6) is 17.2 Å². The molecule has 7 nitrogen and oxygen atoms in total. The Morgan fingerprint density at radius 1 is 1.07 bits per heavy atom. The van der Waals surface area contributed by atoms with Gasteiger partial charge in [0.2, 0.25) is 0 Å². The highest BCUT2D eigenvalue weighted by molar-refractivity contribution is 5.44. The van der Waals surface area contributed by atoms with E-state index >= 15 is 0 Å². The van der Waals surface area contributed by atoms with Crippen LogP contribution in [0, 0.1) is 10.1 Å². The molecule has 7 heteroatoms. The van der Waals surface area contributed by atoms with Crippen molar-refractivity contribution in [3.63, 3.8) is 0 Å². The van der Waals surface area contributed by atoms with Crippen LogP contribution in [0.25, 0.3) is 0 Å². The minimum Gasteiger partial charge on any atom is -0.496 e. The van der Waals surface area contributed by atoms with Gasteiger partial charge in [0, 0.05) is 30.8 Å². The molecule has 2 aromatic rings. The third-order valence-electron chi connectivity index (χ3n) is 3.82. The number of benzene rings is 2. The van der Waals surface area contributed by atoms with E-state index in [9.17, 15) is 10.1 Å². The van der Waals surface area contributed by atoms with Crippen molar-refractivity contribution in [1.29, 1.82) is 0 Å². The van der Waals surface area contributed by atoms with E-state index in [1.807, 2.05) is 25.1 Å². The maximum absolute atomic E-state index is 11.0. The Morgan fingerprint density at radius 2 is 1.78 bits per heavy atom. The molecule has 0 aliphatic heterocycles. The number of rotatable bonds is 10. The van der Waals surface area contributed by atoms with Gasteiger partial charge in [0.1, 0.15) is 12.4 Å². The fraction of sp³-hybridized carbons (Fsp3) is 0.300. The van der Waals surface area contributed by atoms with Gasteiger partial charge in [-0.25, -0.2) is 0 Å². The molecule has 27 heavy (non-hydrogen) atoms. The lowest BCUT2D eigenvalue weighted by molar-refractivity contribution is -0.384. The molecule has 0 spiro atoms. The molecule has 0 unspecified atom stereocenters. The maximum Gasteiger partial charge on any atom is 0.270 e. The number of hydrogen-bond acceptors (Lipinski definition) is 6. The predicted molar refractivity (Wildman–Crippen MR) is 103 cm³/mol. The van der Waals surface area contributed by atoms with Crippen molar-refractivity contribution in [3.05, 3.63) is 69.8 Å². The molecule has 0 fully saturated rings. The van der Waals surface area contributed by atoms with Crippen LogP contribution in [0.1, 0.15) is 18.1 Å². The molecule has 0 saturated heterocycles. The molecule has 0 radical (unpaired) electrons. The summed E-state index contributed by atoms with van der Waals surface area (Å²) in [5.74, 6) is 1.90. The highest BCUT2D eigenvalue weighted by Crippen LogP contribution is 2.29. The van der Waals surface area contributed by atoms with E-state index < -0.39 is 4.92 Å². The number of nitrogens with zero attached hydrogens (tertiary/aromatic N) is 1. The van der Waals surface area contributed by atoms with Gasteiger partial charge in [-0.15, -0.1) is 0 Å². The molecule has 1 N–H and O–H groups in total. The van der Waals surface area contributed by atoms with E-state index in [4.69, 9.17) is 14.2 Å². The van der Waals surface area contributed by atoms with E-state index in [2.05, 4.69) is 11.9 Å². The summed E-state index contributed by atoms with van der Waals surface area (Å²) in [5.41, 5.74) is 2.67. The lowest BCUT2D eigenvalue weighted by Gasteiger charge is -2.13. The van der Waals surface area contributed by atoms with Crippen LogP contribution in [-0.2, 0) is 13.1 Å². The van der Waals surface area contributed by atoms with Crippen molar-refractivity contribution in [2.24, 2.45) is 0 Å². The normalized spacial score (nSPS) is 10.3. The molecule has 0 bridgehead atoms. The molecule has 0 aliphatic carbocycles. The van der Waals surface area contributed by atoms with Gasteiger partial charge in [0.05, 0.1) is 19.1 Å². The number of hydrogen-bond donors (Lipinski definition) is 1. The summed E-state index contributed by atoms with van der Waals surface area (Å²) in [5, 5.41) is 14.2. The van der Waals surface area contributed by atoms with E-state index in [0.29, 0.717) is 36.9 Å². The number of nitrogens with one attached hydrogen (secondary N) is 1. The van der Waals surface area contributed by atoms with E-state index in [-0.39, 0.29) is 5.69 Å². The first-order chi connectivity index (χ1) is 12.9. The van der Waals surface area contributed by atoms with Gasteiger partial charge in [-0.3, -0.25) is 10.1 Å². The molecule has 2 aromatic carbocycles. The predicted octanol–water partition coefficient (Wildman–Crippen LogP) is 3.86. The second kappa shape index (κ2) is 9.59. The Labute approximate surface area is 158 Å². The molecular weight excluding hydrogens is 348 g/mol. The third kappa shape index (κ3) is 5.72. The van der Waals surface area contributed by atoms with Gasteiger partial charge in [0.25, 0.3) is 5.69 Å². The minimum atomic E-state index is -0.419. The van der Waals surface area contributed by atoms with E-state index in [1.54, 1.807) is 20.3 Å². The fourth-order valence-corrected chi connectivity index (χ4v) is 2.50. The largest absolute Gasteiger partial charge is 0.496 e. The van der Waals surface area contributed by atoms with Crippen LogP contribution in [0.15, 0.2) is 48.6 Å². The molecule has 0 aromatic heterocycles. The van der Waals surface area contributed by atoms with Crippen molar-refractivity contribution in [2.75, 3.05) is 20.8 Å². The molecule has 144 valence electrons. The third-order valence-corrected chi connectivity index (χ3v) is 3.82. The van der Waals surface area contributed by atoms with Gasteiger partial charge in [-0.05, 0) is 36.3 Å². The zero-order valence-corrected chi connectivity index (χ0v) is 15.8. The Balaban J connectivity index is 2.06. The molecular formula is C20H24N2O5. The van der Waals surface area contributed by atoms with Crippen molar-refractivity contribution in [2.45, 2.75) is 20.0 Å². The SMILES string of the molecule is C=C(C)COc1cc(CNCc2cc([N+](=O)[O-])ccc2OC)ccc1OC. The number of nitro benzene ring substituents is 1. The lowest BCUT2D eigenvalue weighted by Crippen LogP contribution is -2.14. The van der Waals surface area contributed by atoms with Crippen LogP contribution < -0.4 is 19.5 Å². The second-order valence-corrected chi connectivity index (χ2v) is 6.09. The summed E-state index contributed by atoms with van der Waals surface area (Å²) >= 11 is 0. The second-order valence-electron chi connectivity index (χ2n) is 6.09. The monoisotopic (exact) mass is 372 g/mol. The van der Waals surface area contributed by atoms with Crippen LogP contribution >= 0.6 is 0 Å². The van der Waals surface area contributed by atoms with Crippen LogP contribution in [-0.4, -0.2) is 25.7 Å². The molecule has 0 heterocycles. The molecule has 0 amide bonds. The Bertz CT molecular complexity index is 820. The maximum atomic E-state index is 11.0. The number of non-ortho nitro benzene ring substituents is 1. The van der Waals surface area contributed by atoms with Crippen LogP contribution in [0.2, 0.25) is 0 Å². The quantitative estimate of drug-likeness (QED) is 0.387. The zero-order chi connectivity index (χ0) is 19.8. The topological polar surface area (TPSA) is 82.9 Å². The van der Waals surface area contributed by atoms with Crippen molar-refractivity contribution in [1.82, 2.24) is 5.32 Å². The Morgan fingerprint density at radius 3 is 2.41 bits per heavy atom. The van der Waals surface area contributed by atoms with E-state index in [1.165, 1.54) is 12.1 Å². The van der Waals surface area contributed by atoms with Crippen molar-refractivity contribution in [3.8, 4) is 17.2 Å². The zero-order valence-electron chi connectivity index (χ0n) is 15.8. The standard InChI is InChI=1S/C20H24N2O5/c1-14(2)13-27-20-9-15(5-7-19(20)26-4)11-21-12-16-10-17(22(23)24)6-8-18(16)25-3/h5-10,21H,1,11-13H2,2-4H3. The van der Waals surface area contributed by atoms with Gasteiger partial charge >= 0.3 is 0 Å². The summed E-state index contributed by atoms with van der Waals surface area (Å²) in [6.45, 7) is 7.12. The fourth-order valence-electron chi connectivity index (χ4n) is 2.50. The Kier molecular flexibility index (Phi) is 7.19. The first-order valence-electron chi connectivity index (χ1n) is 8.40. The van der Waals surface area contributed by atoms with Gasteiger partial charge in [0.15, 0.2) is 11.5 Å². The van der Waals surface area contributed by atoms with Gasteiger partial charge in [-0.1, -0.05) is 12.6 Å². The average Bonchev–Trinajstić information content (AvgIpc) is 2.66. The minimum absolute atomic E-state index is 0.0347. The molecule has 0 aliphatic rings. The summed E-state index contributed by atoms with van der Waals surface area (Å²) in [6.07, 6.45) is 0.